The Bertz CT molecular complexity index is 1890. The van der Waals surface area contributed by atoms with Gasteiger partial charge in [-0.3, -0.25) is 14.9 Å². The third-order valence-corrected chi connectivity index (χ3v) is 8.32. The maximum absolute atomic E-state index is 13.4. The van der Waals surface area contributed by atoms with Crippen LogP contribution in [-0.2, 0) is 6.54 Å². The van der Waals surface area contributed by atoms with Crippen LogP contribution in [0.2, 0.25) is 0 Å². The molecule has 0 spiro atoms. The molecular weight excluding hydrogens is 596 g/mol. The number of halogens is 1. The van der Waals surface area contributed by atoms with Crippen molar-refractivity contribution in [3.05, 3.63) is 100 Å². The van der Waals surface area contributed by atoms with Crippen LogP contribution in [0, 0.1) is 6.92 Å². The Morgan fingerprint density at radius 3 is 2.71 bits per heavy atom. The van der Waals surface area contributed by atoms with Crippen LogP contribution in [0.3, 0.4) is 0 Å². The van der Waals surface area contributed by atoms with E-state index in [9.17, 15) is 4.79 Å². The summed E-state index contributed by atoms with van der Waals surface area (Å²) in [4.78, 5) is 19.8. The van der Waals surface area contributed by atoms with E-state index in [1.165, 1.54) is 0 Å². The van der Waals surface area contributed by atoms with E-state index in [1.807, 2.05) is 72.6 Å². The lowest BCUT2D eigenvalue weighted by Gasteiger charge is -2.30. The highest BCUT2D eigenvalue weighted by Crippen LogP contribution is 2.33. The normalized spacial score (nSPS) is 14.1. The Morgan fingerprint density at radius 2 is 1.88 bits per heavy atom. The minimum atomic E-state index is -0.0742. The van der Waals surface area contributed by atoms with Gasteiger partial charge in [-0.1, -0.05) is 52.8 Å². The molecule has 6 aromatic rings. The number of carbonyl (C=O) groups is 1. The highest BCUT2D eigenvalue weighted by molar-refractivity contribution is 9.10. The zero-order chi connectivity index (χ0) is 28.6. The van der Waals surface area contributed by atoms with Crippen molar-refractivity contribution in [1.82, 2.24) is 40.2 Å². The van der Waals surface area contributed by atoms with Crippen molar-refractivity contribution in [2.75, 3.05) is 13.1 Å². The molecule has 1 saturated heterocycles. The number of likely N-dealkylation sites (tertiary alicyclic amines) is 1. The molecule has 4 aromatic heterocycles. The van der Waals surface area contributed by atoms with E-state index in [1.54, 1.807) is 4.68 Å². The molecule has 5 heterocycles. The fraction of sp³-hybridized carbons (Fsp3) is 0.226. The van der Waals surface area contributed by atoms with Gasteiger partial charge in [0.05, 0.1) is 17.4 Å². The van der Waals surface area contributed by atoms with Crippen LogP contribution in [0.5, 0.6) is 0 Å². The molecule has 2 aromatic carbocycles. The Morgan fingerprint density at radius 1 is 1.05 bits per heavy atom. The van der Waals surface area contributed by atoms with E-state index < -0.39 is 0 Å². The molecule has 11 heteroatoms. The number of pyridine rings is 1. The number of aryl methyl sites for hydroxylation is 1. The van der Waals surface area contributed by atoms with Gasteiger partial charge in [-0.25, -0.2) is 4.68 Å². The van der Waals surface area contributed by atoms with Crippen LogP contribution in [0.15, 0.2) is 82.1 Å². The minimum Gasteiger partial charge on any atom is -0.359 e. The summed E-state index contributed by atoms with van der Waals surface area (Å²) in [6.45, 7) is 3.67. The van der Waals surface area contributed by atoms with E-state index >= 15 is 0 Å². The number of aromatic amines is 1. The van der Waals surface area contributed by atoms with Gasteiger partial charge in [0.1, 0.15) is 16.8 Å². The SMILES string of the molecule is Cc1ccc2cc(-c3cn(Cc4cc(C5CCN(C(=O)c6n[nH]c(Br)c6-c6ccccc6)CC5)no4)nn3)ccc2n1. The number of nitrogens with zero attached hydrogens (tertiary/aromatic N) is 7. The summed E-state index contributed by atoms with van der Waals surface area (Å²) in [5.41, 5.74) is 6.78. The third kappa shape index (κ3) is 5.11. The number of fused-ring (bicyclic) bond motifs is 1. The van der Waals surface area contributed by atoms with Crippen LogP contribution < -0.4 is 0 Å². The molecule has 1 amide bonds. The molecule has 0 atom stereocenters. The summed E-state index contributed by atoms with van der Waals surface area (Å²) in [6.07, 6.45) is 3.51. The summed E-state index contributed by atoms with van der Waals surface area (Å²) < 4.78 is 8.12. The average molecular weight is 624 g/mol. The van der Waals surface area contributed by atoms with Gasteiger partial charge in [-0.15, -0.1) is 5.10 Å². The Labute approximate surface area is 249 Å². The molecule has 7 rings (SSSR count). The number of amides is 1. The van der Waals surface area contributed by atoms with Gasteiger partial charge in [0.25, 0.3) is 5.91 Å². The minimum absolute atomic E-state index is 0.0742. The van der Waals surface area contributed by atoms with E-state index in [2.05, 4.69) is 58.7 Å². The van der Waals surface area contributed by atoms with Crippen molar-refractivity contribution in [3.63, 3.8) is 0 Å². The maximum Gasteiger partial charge on any atom is 0.275 e. The Kier molecular flexibility index (Phi) is 6.87. The number of carbonyl (C=O) groups excluding carboxylic acids is 1. The Hall–Kier alpha value is -4.64. The molecule has 0 aliphatic carbocycles. The summed E-state index contributed by atoms with van der Waals surface area (Å²) in [7, 11) is 0. The van der Waals surface area contributed by atoms with Gasteiger partial charge in [0.15, 0.2) is 11.5 Å². The largest absolute Gasteiger partial charge is 0.359 e. The van der Waals surface area contributed by atoms with Crippen LogP contribution in [-0.4, -0.2) is 59.2 Å². The number of H-pyrrole nitrogens is 1. The van der Waals surface area contributed by atoms with E-state index in [0.29, 0.717) is 35.7 Å². The number of hydrogen-bond acceptors (Lipinski definition) is 7. The molecule has 1 aliphatic rings. The second-order valence-electron chi connectivity index (χ2n) is 10.6. The van der Waals surface area contributed by atoms with Crippen molar-refractivity contribution in [2.45, 2.75) is 32.2 Å². The lowest BCUT2D eigenvalue weighted by atomic mass is 9.93. The number of aromatic nitrogens is 7. The first kappa shape index (κ1) is 26.3. The topological polar surface area (TPSA) is 119 Å². The molecular formula is C31H27BrN8O2. The lowest BCUT2D eigenvalue weighted by molar-refractivity contribution is 0.0706. The first-order chi connectivity index (χ1) is 20.5. The van der Waals surface area contributed by atoms with Crippen LogP contribution >= 0.6 is 15.9 Å². The molecule has 1 aliphatic heterocycles. The van der Waals surface area contributed by atoms with Crippen molar-refractivity contribution in [1.29, 1.82) is 0 Å². The number of piperidine rings is 1. The maximum atomic E-state index is 13.4. The predicted octanol–water partition coefficient (Wildman–Crippen LogP) is 6.01. The van der Waals surface area contributed by atoms with E-state index in [0.717, 1.165) is 57.5 Å². The predicted molar refractivity (Wildman–Crippen MR) is 161 cm³/mol. The number of hydrogen-bond donors (Lipinski definition) is 1. The van der Waals surface area contributed by atoms with Gasteiger partial charge < -0.3 is 9.42 Å². The first-order valence-electron chi connectivity index (χ1n) is 13.8. The molecule has 210 valence electrons. The van der Waals surface area contributed by atoms with Gasteiger partial charge in [0, 0.05) is 47.3 Å². The van der Waals surface area contributed by atoms with Gasteiger partial charge in [-0.2, -0.15) is 5.10 Å². The van der Waals surface area contributed by atoms with Crippen LogP contribution in [0.1, 0.15) is 46.4 Å². The highest BCUT2D eigenvalue weighted by Gasteiger charge is 2.30. The van der Waals surface area contributed by atoms with Gasteiger partial charge in [0.2, 0.25) is 0 Å². The molecule has 0 bridgehead atoms. The third-order valence-electron chi connectivity index (χ3n) is 7.75. The highest BCUT2D eigenvalue weighted by atomic mass is 79.9. The first-order valence-corrected chi connectivity index (χ1v) is 14.6. The fourth-order valence-corrected chi connectivity index (χ4v) is 6.03. The average Bonchev–Trinajstić information content (AvgIpc) is 3.78. The lowest BCUT2D eigenvalue weighted by Crippen LogP contribution is -2.38. The number of nitrogens with one attached hydrogen (secondary N) is 1. The molecule has 0 saturated carbocycles. The molecule has 42 heavy (non-hydrogen) atoms. The summed E-state index contributed by atoms with van der Waals surface area (Å²) in [5, 5.41) is 21.3. The fourth-order valence-electron chi connectivity index (χ4n) is 5.52. The van der Waals surface area contributed by atoms with Crippen molar-refractivity contribution >= 4 is 32.7 Å². The molecule has 0 unspecified atom stereocenters. The summed E-state index contributed by atoms with van der Waals surface area (Å²) in [6, 6.07) is 22.0. The smallest absolute Gasteiger partial charge is 0.275 e. The summed E-state index contributed by atoms with van der Waals surface area (Å²) in [5.74, 6) is 0.856. The summed E-state index contributed by atoms with van der Waals surface area (Å²) >= 11 is 3.52. The van der Waals surface area contributed by atoms with E-state index in [4.69, 9.17) is 4.52 Å². The van der Waals surface area contributed by atoms with Crippen LogP contribution in [0.25, 0.3) is 33.3 Å². The second kappa shape index (κ2) is 11.0. The molecule has 0 radical (unpaired) electrons. The molecule has 1 fully saturated rings. The van der Waals surface area contributed by atoms with Crippen LogP contribution in [0.4, 0.5) is 0 Å². The monoisotopic (exact) mass is 622 g/mol. The van der Waals surface area contributed by atoms with Gasteiger partial charge >= 0.3 is 0 Å². The van der Waals surface area contributed by atoms with Crippen molar-refractivity contribution in [2.24, 2.45) is 0 Å². The quantitative estimate of drug-likeness (QED) is 0.241. The number of benzene rings is 2. The van der Waals surface area contributed by atoms with Gasteiger partial charge in [-0.05, 0) is 59.5 Å². The second-order valence-corrected chi connectivity index (χ2v) is 11.4. The zero-order valence-electron chi connectivity index (χ0n) is 22.9. The Balaban J connectivity index is 0.989. The van der Waals surface area contributed by atoms with Crippen molar-refractivity contribution in [3.8, 4) is 22.4 Å². The molecule has 10 nitrogen and oxygen atoms in total. The van der Waals surface area contributed by atoms with Crippen molar-refractivity contribution < 1.29 is 9.32 Å². The zero-order valence-corrected chi connectivity index (χ0v) is 24.5. The molecule has 1 N–H and O–H groups in total. The number of rotatable bonds is 6. The standard InChI is InChI=1S/C31H27BrN8O2/c1-19-7-8-22-15-23(9-10-25(22)33-19)27-18-40(38-34-27)17-24-16-26(37-42-24)20-11-13-39(14-12-20)31(41)29-28(30(32)36-35-29)21-5-3-2-4-6-21/h2-10,15-16,18,20H,11-14,17H2,1H3,(H,35,36). The van der Waals surface area contributed by atoms with E-state index in [-0.39, 0.29) is 11.8 Å².